The van der Waals surface area contributed by atoms with E-state index in [4.69, 9.17) is 0 Å². The van der Waals surface area contributed by atoms with Crippen molar-refractivity contribution in [3.05, 3.63) is 54.2 Å². The molecule has 0 unspecified atom stereocenters. The molecule has 0 aromatic heterocycles. The van der Waals surface area contributed by atoms with Crippen LogP contribution in [0.1, 0.15) is 18.3 Å². The second kappa shape index (κ2) is 4.56. The third-order valence-electron chi connectivity index (χ3n) is 2.87. The largest absolute Gasteiger partial charge is 0.322 e. The van der Waals surface area contributed by atoms with Gasteiger partial charge in [-0.2, -0.15) is 0 Å². The highest BCUT2D eigenvalue weighted by atomic mass is 15.1. The van der Waals surface area contributed by atoms with Crippen LogP contribution in [-0.2, 0) is 13.0 Å². The monoisotopic (exact) mass is 237 g/mol. The Kier molecular flexibility index (Phi) is 2.76. The van der Waals surface area contributed by atoms with Gasteiger partial charge in [-0.1, -0.05) is 37.3 Å². The Morgan fingerprint density at radius 3 is 2.78 bits per heavy atom. The van der Waals surface area contributed by atoms with E-state index in [1.165, 1.54) is 11.9 Å². The molecule has 0 spiro atoms. The fourth-order valence-electron chi connectivity index (χ4n) is 1.96. The van der Waals surface area contributed by atoms with Crippen LogP contribution in [-0.4, -0.2) is 19.5 Å². The summed E-state index contributed by atoms with van der Waals surface area (Å²) in [4.78, 5) is 12.8. The molecule has 0 aliphatic carbocycles. The van der Waals surface area contributed by atoms with E-state index in [9.17, 15) is 0 Å². The van der Waals surface area contributed by atoms with Gasteiger partial charge in [-0.05, 0) is 5.56 Å². The lowest BCUT2D eigenvalue weighted by molar-refractivity contribution is 0.692. The van der Waals surface area contributed by atoms with E-state index < -0.39 is 0 Å². The van der Waals surface area contributed by atoms with Gasteiger partial charge in [-0.25, -0.2) is 15.0 Å². The SMILES string of the molecule is CCc1nc2ncnc-2[c]n1Cc1ccccc1. The minimum atomic E-state index is 0.677. The Hall–Kier alpha value is -2.23. The van der Waals surface area contributed by atoms with Crippen LogP contribution in [0.5, 0.6) is 0 Å². The molecule has 2 heterocycles. The summed E-state index contributed by atoms with van der Waals surface area (Å²) < 4.78 is 2.02. The average Bonchev–Trinajstić information content (AvgIpc) is 2.86. The van der Waals surface area contributed by atoms with E-state index >= 15 is 0 Å². The van der Waals surface area contributed by atoms with Crippen molar-refractivity contribution in [2.75, 3.05) is 0 Å². The van der Waals surface area contributed by atoms with Crippen LogP contribution < -0.4 is 0 Å². The van der Waals surface area contributed by atoms with E-state index in [1.807, 2.05) is 22.8 Å². The minimum absolute atomic E-state index is 0.677. The smallest absolute Gasteiger partial charge is 0.183 e. The first-order valence-corrected chi connectivity index (χ1v) is 6.00. The minimum Gasteiger partial charge on any atom is -0.322 e. The van der Waals surface area contributed by atoms with Crippen LogP contribution in [0.2, 0.25) is 0 Å². The number of imidazole rings is 1. The van der Waals surface area contributed by atoms with Crippen LogP contribution in [0.3, 0.4) is 0 Å². The molecule has 1 radical (unpaired) electrons. The Labute approximate surface area is 106 Å². The maximum Gasteiger partial charge on any atom is 0.183 e. The maximum absolute atomic E-state index is 4.51. The number of fused-ring (bicyclic) bond motifs is 1. The maximum atomic E-state index is 4.51. The number of hydrogen-bond acceptors (Lipinski definition) is 3. The van der Waals surface area contributed by atoms with Crippen molar-refractivity contribution in [1.29, 1.82) is 0 Å². The summed E-state index contributed by atoms with van der Waals surface area (Å²) in [5.41, 5.74) is 1.96. The molecule has 0 fully saturated rings. The molecule has 4 nitrogen and oxygen atoms in total. The van der Waals surface area contributed by atoms with Crippen LogP contribution in [0.25, 0.3) is 11.5 Å². The highest BCUT2D eigenvalue weighted by Gasteiger charge is 2.12. The lowest BCUT2D eigenvalue weighted by atomic mass is 10.2. The van der Waals surface area contributed by atoms with Crippen LogP contribution in [0.4, 0.5) is 0 Å². The first-order chi connectivity index (χ1) is 8.86. The zero-order valence-electron chi connectivity index (χ0n) is 10.2. The van der Waals surface area contributed by atoms with Gasteiger partial charge in [0.2, 0.25) is 0 Å². The highest BCUT2D eigenvalue weighted by Crippen LogP contribution is 2.15. The second-order valence-electron chi connectivity index (χ2n) is 4.11. The molecular weight excluding hydrogens is 224 g/mol. The van der Waals surface area contributed by atoms with Crippen LogP contribution in [0, 0.1) is 6.20 Å². The highest BCUT2D eigenvalue weighted by molar-refractivity contribution is 5.47. The molecule has 1 aromatic carbocycles. The van der Waals surface area contributed by atoms with Gasteiger partial charge in [0.05, 0.1) is 6.20 Å². The summed E-state index contributed by atoms with van der Waals surface area (Å²) in [6, 6.07) is 10.3. The van der Waals surface area contributed by atoms with Gasteiger partial charge in [0.1, 0.15) is 17.8 Å². The molecule has 0 atom stereocenters. The third kappa shape index (κ3) is 1.97. The zero-order chi connectivity index (χ0) is 12.4. The molecular formula is C14H13N4. The Morgan fingerprint density at radius 2 is 2.00 bits per heavy atom. The lowest BCUT2D eigenvalue weighted by Crippen LogP contribution is -2.11. The number of rotatable bonds is 3. The molecule has 89 valence electrons. The van der Waals surface area contributed by atoms with Crippen molar-refractivity contribution in [3.63, 3.8) is 0 Å². The second-order valence-corrected chi connectivity index (χ2v) is 4.11. The fraction of sp³-hybridized carbons (Fsp3) is 0.214. The summed E-state index contributed by atoms with van der Waals surface area (Å²) in [6.45, 7) is 2.85. The first kappa shape index (κ1) is 10.9. The summed E-state index contributed by atoms with van der Waals surface area (Å²) >= 11 is 0. The van der Waals surface area contributed by atoms with E-state index in [1.54, 1.807) is 0 Å². The van der Waals surface area contributed by atoms with Crippen molar-refractivity contribution in [3.8, 4) is 11.5 Å². The summed E-state index contributed by atoms with van der Waals surface area (Å²) in [5, 5.41) is 0. The van der Waals surface area contributed by atoms with Gasteiger partial charge in [0.25, 0.3) is 0 Å². The lowest BCUT2D eigenvalue weighted by Gasteiger charge is -2.12. The topological polar surface area (TPSA) is 43.6 Å². The quantitative estimate of drug-likeness (QED) is 0.701. The average molecular weight is 237 g/mol. The van der Waals surface area contributed by atoms with Crippen molar-refractivity contribution in [2.45, 2.75) is 19.9 Å². The van der Waals surface area contributed by atoms with Crippen LogP contribution in [0.15, 0.2) is 36.7 Å². The van der Waals surface area contributed by atoms with Gasteiger partial charge in [0.15, 0.2) is 5.82 Å². The number of nitrogens with zero attached hydrogens (tertiary/aromatic N) is 4. The predicted octanol–water partition coefficient (Wildman–Crippen LogP) is 2.19. The number of hydrogen-bond donors (Lipinski definition) is 0. The normalized spacial score (nSPS) is 10.9. The fourth-order valence-corrected chi connectivity index (χ4v) is 1.96. The summed E-state index contributed by atoms with van der Waals surface area (Å²) in [7, 11) is 0. The van der Waals surface area contributed by atoms with E-state index in [2.05, 4.69) is 40.2 Å². The van der Waals surface area contributed by atoms with E-state index in [-0.39, 0.29) is 0 Å². The molecule has 1 aromatic rings. The molecule has 4 heteroatoms. The van der Waals surface area contributed by atoms with Crippen molar-refractivity contribution >= 4 is 0 Å². The standard InChI is InChI=1S/C14H13N4/c1-2-13-17-14-12(15-10-16-14)9-18(13)8-11-6-4-3-5-7-11/h3-7,10H,2,8H2,1H3. The molecule has 0 saturated carbocycles. The zero-order valence-corrected chi connectivity index (χ0v) is 10.2. The molecule has 0 N–H and O–H groups in total. The van der Waals surface area contributed by atoms with Gasteiger partial charge in [0, 0.05) is 13.0 Å². The van der Waals surface area contributed by atoms with E-state index in [0.717, 1.165) is 24.5 Å². The van der Waals surface area contributed by atoms with Crippen molar-refractivity contribution < 1.29 is 0 Å². The van der Waals surface area contributed by atoms with E-state index in [0.29, 0.717) is 5.82 Å². The van der Waals surface area contributed by atoms with Gasteiger partial charge >= 0.3 is 0 Å². The molecule has 0 bridgehead atoms. The molecule has 0 saturated heterocycles. The third-order valence-corrected chi connectivity index (χ3v) is 2.87. The van der Waals surface area contributed by atoms with Gasteiger partial charge in [-0.15, -0.1) is 0 Å². The Balaban J connectivity index is 2.03. The van der Waals surface area contributed by atoms with Crippen molar-refractivity contribution in [2.24, 2.45) is 0 Å². The Morgan fingerprint density at radius 1 is 1.17 bits per heavy atom. The molecule has 0 amide bonds. The number of aromatic nitrogens is 4. The molecule has 2 aliphatic rings. The Bertz CT molecular complexity index is 615. The molecule has 2 aliphatic heterocycles. The van der Waals surface area contributed by atoms with Gasteiger partial charge in [-0.3, -0.25) is 0 Å². The number of benzene rings is 1. The first-order valence-electron chi connectivity index (χ1n) is 6.00. The predicted molar refractivity (Wildman–Crippen MR) is 68.2 cm³/mol. The summed E-state index contributed by atoms with van der Waals surface area (Å²) in [5.74, 6) is 1.66. The molecule has 18 heavy (non-hydrogen) atoms. The van der Waals surface area contributed by atoms with Gasteiger partial charge < -0.3 is 4.57 Å². The summed E-state index contributed by atoms with van der Waals surface area (Å²) in [6.07, 6.45) is 5.64. The van der Waals surface area contributed by atoms with Crippen molar-refractivity contribution in [1.82, 2.24) is 19.5 Å². The molecule has 3 rings (SSSR count). The number of aryl methyl sites for hydroxylation is 1. The van der Waals surface area contributed by atoms with Crippen LogP contribution >= 0.6 is 0 Å².